The molecule has 156 valence electrons. The van der Waals surface area contributed by atoms with Crippen LogP contribution in [-0.4, -0.2) is 22.0 Å². The van der Waals surface area contributed by atoms with E-state index in [0.29, 0.717) is 19.8 Å². The number of anilines is 2. The Hall–Kier alpha value is -3.09. The van der Waals surface area contributed by atoms with E-state index >= 15 is 0 Å². The molecule has 0 unspecified atom stereocenters. The first-order valence-electron chi connectivity index (χ1n) is 10.3. The van der Waals surface area contributed by atoms with Crippen molar-refractivity contribution in [3.05, 3.63) is 95.3 Å². The van der Waals surface area contributed by atoms with Crippen molar-refractivity contribution in [1.29, 1.82) is 0 Å². The molecule has 5 nitrogen and oxygen atoms in total. The summed E-state index contributed by atoms with van der Waals surface area (Å²) in [6, 6.07) is 23.5. The predicted octanol–water partition coefficient (Wildman–Crippen LogP) is 5.58. The fourth-order valence-corrected chi connectivity index (χ4v) is 4.92. The largest absolute Gasteiger partial charge is 0.370 e. The van der Waals surface area contributed by atoms with Gasteiger partial charge in [-0.1, -0.05) is 65.0 Å². The number of para-hydroxylation sites is 1. The van der Waals surface area contributed by atoms with Crippen LogP contribution in [0.15, 0.2) is 82.7 Å². The third-order valence-electron chi connectivity index (χ3n) is 5.40. The van der Waals surface area contributed by atoms with Crippen molar-refractivity contribution in [2.45, 2.75) is 36.5 Å². The smallest absolute Gasteiger partial charge is 0.108 e. The molecule has 3 aromatic carbocycles. The van der Waals surface area contributed by atoms with Gasteiger partial charge in [0.05, 0.1) is 37.3 Å². The molecule has 1 aliphatic heterocycles. The number of nitrogens with zero attached hydrogens (tertiary/aromatic N) is 4. The fraction of sp³-hybridized carbons (Fsp3) is 0.200. The summed E-state index contributed by atoms with van der Waals surface area (Å²) in [6.07, 6.45) is 1.95. The van der Waals surface area contributed by atoms with Crippen LogP contribution < -0.4 is 4.90 Å². The zero-order valence-corrected chi connectivity index (χ0v) is 18.5. The molecule has 0 N–H and O–H groups in total. The lowest BCUT2D eigenvalue weighted by Crippen LogP contribution is -2.14. The minimum absolute atomic E-state index is 0.445. The van der Waals surface area contributed by atoms with Gasteiger partial charge < -0.3 is 9.64 Å². The predicted molar refractivity (Wildman–Crippen MR) is 124 cm³/mol. The van der Waals surface area contributed by atoms with Gasteiger partial charge in [-0.3, -0.25) is 0 Å². The summed E-state index contributed by atoms with van der Waals surface area (Å²) in [5, 5.41) is 8.47. The average molecular weight is 429 g/mol. The lowest BCUT2D eigenvalue weighted by atomic mass is 10.1. The molecule has 0 aliphatic carbocycles. The Kier molecular flexibility index (Phi) is 5.49. The van der Waals surface area contributed by atoms with Gasteiger partial charge in [0.2, 0.25) is 0 Å². The lowest BCUT2D eigenvalue weighted by molar-refractivity contribution is 0.104. The molecule has 0 fully saturated rings. The summed E-state index contributed by atoms with van der Waals surface area (Å²) in [7, 11) is 2.12. The molecule has 1 aromatic heterocycles. The summed E-state index contributed by atoms with van der Waals surface area (Å²) >= 11 is 1.81. The Morgan fingerprint density at radius 1 is 0.871 bits per heavy atom. The first-order valence-corrected chi connectivity index (χ1v) is 11.1. The third kappa shape index (κ3) is 4.36. The SMILES string of the molecule is Cc1ccc(Cn2cc(COCc3ccc4c(c3)Sc3ccccc3N4C)nn2)cc1. The highest BCUT2D eigenvalue weighted by Crippen LogP contribution is 2.47. The zero-order valence-electron chi connectivity index (χ0n) is 17.7. The Labute approximate surface area is 186 Å². The van der Waals surface area contributed by atoms with Gasteiger partial charge in [0.1, 0.15) is 5.69 Å². The van der Waals surface area contributed by atoms with E-state index in [4.69, 9.17) is 4.74 Å². The molecule has 2 heterocycles. The molecule has 0 amide bonds. The molecule has 0 saturated heterocycles. The van der Waals surface area contributed by atoms with Crippen molar-refractivity contribution in [1.82, 2.24) is 15.0 Å². The molecule has 0 radical (unpaired) electrons. The molecule has 6 heteroatoms. The van der Waals surface area contributed by atoms with E-state index < -0.39 is 0 Å². The van der Waals surface area contributed by atoms with E-state index in [1.165, 1.54) is 32.3 Å². The van der Waals surface area contributed by atoms with Crippen molar-refractivity contribution in [3.63, 3.8) is 0 Å². The van der Waals surface area contributed by atoms with E-state index in [2.05, 4.69) is 95.9 Å². The third-order valence-corrected chi connectivity index (χ3v) is 6.51. The topological polar surface area (TPSA) is 43.2 Å². The molecule has 0 atom stereocenters. The number of hydrogen-bond acceptors (Lipinski definition) is 5. The Bertz CT molecular complexity index is 1200. The van der Waals surface area contributed by atoms with E-state index in [9.17, 15) is 0 Å². The lowest BCUT2D eigenvalue weighted by Gasteiger charge is -2.29. The normalized spacial score (nSPS) is 12.5. The van der Waals surface area contributed by atoms with Gasteiger partial charge in [0, 0.05) is 16.8 Å². The number of ether oxygens (including phenoxy) is 1. The number of benzene rings is 3. The van der Waals surface area contributed by atoms with Gasteiger partial charge >= 0.3 is 0 Å². The number of hydrogen-bond donors (Lipinski definition) is 0. The monoisotopic (exact) mass is 428 g/mol. The summed E-state index contributed by atoms with van der Waals surface area (Å²) in [4.78, 5) is 4.78. The minimum Gasteiger partial charge on any atom is -0.370 e. The summed E-state index contributed by atoms with van der Waals surface area (Å²) in [6.45, 7) is 3.79. The maximum Gasteiger partial charge on any atom is 0.108 e. The van der Waals surface area contributed by atoms with Crippen molar-refractivity contribution < 1.29 is 4.74 Å². The van der Waals surface area contributed by atoms with Crippen LogP contribution in [0.1, 0.15) is 22.4 Å². The van der Waals surface area contributed by atoms with Gasteiger partial charge in [-0.15, -0.1) is 5.10 Å². The number of aryl methyl sites for hydroxylation is 1. The van der Waals surface area contributed by atoms with Gasteiger partial charge in [0.15, 0.2) is 0 Å². The minimum atomic E-state index is 0.445. The van der Waals surface area contributed by atoms with Crippen LogP contribution in [0.5, 0.6) is 0 Å². The molecule has 0 spiro atoms. The van der Waals surface area contributed by atoms with Crippen molar-refractivity contribution in [2.24, 2.45) is 0 Å². The van der Waals surface area contributed by atoms with Gasteiger partial charge in [-0.05, 0) is 42.3 Å². The Balaban J connectivity index is 1.19. The van der Waals surface area contributed by atoms with Crippen LogP contribution in [-0.2, 0) is 24.5 Å². The molecular formula is C25H24N4OS. The van der Waals surface area contributed by atoms with Gasteiger partial charge in [-0.25, -0.2) is 4.68 Å². The van der Waals surface area contributed by atoms with Crippen LogP contribution >= 0.6 is 11.8 Å². The van der Waals surface area contributed by atoms with Crippen molar-refractivity contribution in [2.75, 3.05) is 11.9 Å². The highest BCUT2D eigenvalue weighted by molar-refractivity contribution is 7.99. The summed E-state index contributed by atoms with van der Waals surface area (Å²) in [5.41, 5.74) is 6.94. The fourth-order valence-electron chi connectivity index (χ4n) is 3.71. The second kappa shape index (κ2) is 8.57. The van der Waals surface area contributed by atoms with Crippen molar-refractivity contribution >= 4 is 23.1 Å². The first-order chi connectivity index (χ1) is 15.2. The molecule has 4 aromatic rings. The van der Waals surface area contributed by atoms with Crippen LogP contribution in [0.4, 0.5) is 11.4 Å². The van der Waals surface area contributed by atoms with E-state index in [-0.39, 0.29) is 0 Å². The summed E-state index contributed by atoms with van der Waals surface area (Å²) < 4.78 is 7.79. The van der Waals surface area contributed by atoms with Gasteiger partial charge in [0.25, 0.3) is 0 Å². The molecule has 1 aliphatic rings. The average Bonchev–Trinajstić information content (AvgIpc) is 3.22. The first kappa shape index (κ1) is 19.8. The van der Waals surface area contributed by atoms with Crippen LogP contribution in [0.2, 0.25) is 0 Å². The van der Waals surface area contributed by atoms with E-state index in [0.717, 1.165) is 11.3 Å². The van der Waals surface area contributed by atoms with Crippen LogP contribution in [0, 0.1) is 6.92 Å². The standard InChI is InChI=1S/C25H24N4OS/c1-18-7-9-19(10-8-18)14-29-15-21(26-27-29)17-30-16-20-11-12-23-25(13-20)31-24-6-4-3-5-22(24)28(23)2/h3-13,15H,14,16-17H2,1-2H3. The van der Waals surface area contributed by atoms with E-state index in [1.54, 1.807) is 0 Å². The quantitative estimate of drug-likeness (QED) is 0.401. The number of aromatic nitrogens is 3. The molecule has 31 heavy (non-hydrogen) atoms. The zero-order chi connectivity index (χ0) is 21.2. The number of fused-ring (bicyclic) bond motifs is 2. The molecule has 5 rings (SSSR count). The highest BCUT2D eigenvalue weighted by Gasteiger charge is 2.20. The Morgan fingerprint density at radius 3 is 2.52 bits per heavy atom. The maximum absolute atomic E-state index is 5.93. The number of rotatable bonds is 6. The molecular weight excluding hydrogens is 404 g/mol. The molecule has 0 saturated carbocycles. The van der Waals surface area contributed by atoms with E-state index in [1.807, 2.05) is 22.6 Å². The Morgan fingerprint density at radius 2 is 1.65 bits per heavy atom. The maximum atomic E-state index is 5.93. The van der Waals surface area contributed by atoms with Crippen LogP contribution in [0.25, 0.3) is 0 Å². The summed E-state index contributed by atoms with van der Waals surface area (Å²) in [5.74, 6) is 0. The van der Waals surface area contributed by atoms with Crippen molar-refractivity contribution in [3.8, 4) is 0 Å². The second-order valence-electron chi connectivity index (χ2n) is 7.82. The second-order valence-corrected chi connectivity index (χ2v) is 8.90. The van der Waals surface area contributed by atoms with Crippen LogP contribution in [0.3, 0.4) is 0 Å². The molecule has 0 bridgehead atoms. The highest BCUT2D eigenvalue weighted by atomic mass is 32.2. The van der Waals surface area contributed by atoms with Gasteiger partial charge in [-0.2, -0.15) is 0 Å².